The van der Waals surface area contributed by atoms with Crippen LogP contribution in [-0.4, -0.2) is 33.7 Å². The van der Waals surface area contributed by atoms with Crippen molar-refractivity contribution < 1.29 is 4.74 Å². The summed E-state index contributed by atoms with van der Waals surface area (Å²) in [6, 6.07) is 0. The van der Waals surface area contributed by atoms with Crippen LogP contribution < -0.4 is 5.73 Å². The summed E-state index contributed by atoms with van der Waals surface area (Å²) < 4.78 is 6.94. The summed E-state index contributed by atoms with van der Waals surface area (Å²) in [7, 11) is 1.70. The quantitative estimate of drug-likeness (QED) is 0.573. The number of thiocarbonyl (C=S) groups is 1. The number of aryl methyl sites for hydroxylation is 1. The molecule has 1 aromatic heterocycles. The fraction of sp³-hybridized carbons (Fsp3) is 0.750. The van der Waals surface area contributed by atoms with Crippen LogP contribution >= 0.6 is 12.2 Å². The molecule has 0 radical (unpaired) electrons. The number of ether oxygens (including phenoxy) is 1. The average Bonchev–Trinajstić information content (AvgIpc) is 2.70. The molecule has 5 nitrogen and oxygen atoms in total. The number of hydrogen-bond acceptors (Lipinski definition) is 4. The first-order valence-corrected chi connectivity index (χ1v) is 6.68. The third-order valence-corrected chi connectivity index (χ3v) is 2.94. The Morgan fingerprint density at radius 3 is 2.78 bits per heavy atom. The van der Waals surface area contributed by atoms with E-state index in [-0.39, 0.29) is 0 Å². The fourth-order valence-corrected chi connectivity index (χ4v) is 1.89. The molecule has 0 saturated heterocycles. The molecule has 18 heavy (non-hydrogen) atoms. The van der Waals surface area contributed by atoms with E-state index < -0.39 is 0 Å². The van der Waals surface area contributed by atoms with E-state index in [1.165, 1.54) is 0 Å². The zero-order valence-corrected chi connectivity index (χ0v) is 12.2. The first-order valence-electron chi connectivity index (χ1n) is 6.27. The predicted molar refractivity (Wildman–Crippen MR) is 75.6 cm³/mol. The molecule has 1 heterocycles. The molecule has 6 heteroatoms. The number of methoxy groups -OCH3 is 1. The molecule has 0 aliphatic rings. The molecule has 102 valence electrons. The van der Waals surface area contributed by atoms with E-state index in [1.807, 2.05) is 4.68 Å². The van der Waals surface area contributed by atoms with Crippen LogP contribution in [0.2, 0.25) is 0 Å². The first-order chi connectivity index (χ1) is 8.56. The second kappa shape index (κ2) is 7.43. The van der Waals surface area contributed by atoms with E-state index >= 15 is 0 Å². The van der Waals surface area contributed by atoms with Gasteiger partial charge in [-0.05, 0) is 25.2 Å². The molecule has 0 fully saturated rings. The van der Waals surface area contributed by atoms with Crippen molar-refractivity contribution in [1.82, 2.24) is 15.0 Å². The number of nitrogens with zero attached hydrogens (tertiary/aromatic N) is 3. The Balaban J connectivity index is 2.78. The molecule has 0 aliphatic heterocycles. The molecule has 0 saturated carbocycles. The summed E-state index contributed by atoms with van der Waals surface area (Å²) in [6.45, 7) is 5.89. The van der Waals surface area contributed by atoms with Crippen molar-refractivity contribution in [2.75, 3.05) is 13.7 Å². The SMILES string of the molecule is COCCCn1nnc(C(N)=S)c1CCC(C)C. The van der Waals surface area contributed by atoms with E-state index in [0.29, 0.717) is 23.2 Å². The predicted octanol–water partition coefficient (Wildman–Crippen LogP) is 1.54. The van der Waals surface area contributed by atoms with Crippen LogP contribution in [0.1, 0.15) is 38.1 Å². The number of rotatable bonds is 8. The van der Waals surface area contributed by atoms with Crippen molar-refractivity contribution in [3.63, 3.8) is 0 Å². The normalized spacial score (nSPS) is 11.1. The molecule has 0 atom stereocenters. The maximum atomic E-state index is 5.68. The van der Waals surface area contributed by atoms with Gasteiger partial charge in [0.1, 0.15) is 10.7 Å². The zero-order chi connectivity index (χ0) is 13.5. The van der Waals surface area contributed by atoms with E-state index in [0.717, 1.165) is 31.5 Å². The largest absolute Gasteiger partial charge is 0.388 e. The maximum Gasteiger partial charge on any atom is 0.143 e. The van der Waals surface area contributed by atoms with Crippen molar-refractivity contribution in [3.05, 3.63) is 11.4 Å². The van der Waals surface area contributed by atoms with Crippen molar-refractivity contribution >= 4 is 17.2 Å². The molecule has 0 spiro atoms. The van der Waals surface area contributed by atoms with E-state index in [1.54, 1.807) is 7.11 Å². The van der Waals surface area contributed by atoms with Crippen molar-refractivity contribution in [2.45, 2.75) is 39.7 Å². The zero-order valence-electron chi connectivity index (χ0n) is 11.3. The lowest BCUT2D eigenvalue weighted by Crippen LogP contribution is -2.15. The van der Waals surface area contributed by atoms with Crippen LogP contribution in [0.15, 0.2) is 0 Å². The molecule has 0 bridgehead atoms. The Hall–Kier alpha value is -1.01. The number of aromatic nitrogens is 3. The molecule has 0 aromatic carbocycles. The topological polar surface area (TPSA) is 66.0 Å². The van der Waals surface area contributed by atoms with Gasteiger partial charge in [-0.3, -0.25) is 0 Å². The van der Waals surface area contributed by atoms with Gasteiger partial charge in [-0.1, -0.05) is 31.3 Å². The highest BCUT2D eigenvalue weighted by atomic mass is 32.1. The number of nitrogens with two attached hydrogens (primary N) is 1. The highest BCUT2D eigenvalue weighted by molar-refractivity contribution is 7.80. The molecule has 0 amide bonds. The summed E-state index contributed by atoms with van der Waals surface area (Å²) in [4.78, 5) is 0.326. The highest BCUT2D eigenvalue weighted by Crippen LogP contribution is 2.13. The van der Waals surface area contributed by atoms with Crippen molar-refractivity contribution in [1.29, 1.82) is 0 Å². The van der Waals surface area contributed by atoms with Gasteiger partial charge >= 0.3 is 0 Å². The summed E-state index contributed by atoms with van der Waals surface area (Å²) in [6.07, 6.45) is 2.89. The van der Waals surface area contributed by atoms with Crippen LogP contribution in [0.4, 0.5) is 0 Å². The van der Waals surface area contributed by atoms with Gasteiger partial charge in [0.25, 0.3) is 0 Å². The minimum atomic E-state index is 0.326. The van der Waals surface area contributed by atoms with Crippen LogP contribution in [-0.2, 0) is 17.7 Å². The second-order valence-electron chi connectivity index (χ2n) is 4.75. The summed E-state index contributed by atoms with van der Waals surface area (Å²) in [5.74, 6) is 0.631. The maximum absolute atomic E-state index is 5.68. The Kier molecular flexibility index (Phi) is 6.21. The Morgan fingerprint density at radius 2 is 2.22 bits per heavy atom. The van der Waals surface area contributed by atoms with Crippen LogP contribution in [0, 0.1) is 5.92 Å². The van der Waals surface area contributed by atoms with E-state index in [9.17, 15) is 0 Å². The summed E-state index contributed by atoms with van der Waals surface area (Å²) >= 11 is 5.02. The molecular formula is C12H22N4OS. The van der Waals surface area contributed by atoms with Crippen molar-refractivity contribution in [3.8, 4) is 0 Å². The Morgan fingerprint density at radius 1 is 1.50 bits per heavy atom. The monoisotopic (exact) mass is 270 g/mol. The number of hydrogen-bond donors (Lipinski definition) is 1. The van der Waals surface area contributed by atoms with Gasteiger partial charge in [0.05, 0.1) is 5.69 Å². The lowest BCUT2D eigenvalue weighted by atomic mass is 10.1. The van der Waals surface area contributed by atoms with E-state index in [2.05, 4.69) is 24.2 Å². The summed E-state index contributed by atoms with van der Waals surface area (Å²) in [5, 5.41) is 8.21. The smallest absolute Gasteiger partial charge is 0.143 e. The van der Waals surface area contributed by atoms with Crippen LogP contribution in [0.5, 0.6) is 0 Å². The average molecular weight is 270 g/mol. The third-order valence-electron chi connectivity index (χ3n) is 2.75. The van der Waals surface area contributed by atoms with Gasteiger partial charge in [-0.25, -0.2) is 4.68 Å². The molecule has 0 unspecified atom stereocenters. The summed E-state index contributed by atoms with van der Waals surface area (Å²) in [5.41, 5.74) is 7.40. The fourth-order valence-electron chi connectivity index (χ4n) is 1.74. The molecule has 0 aliphatic carbocycles. The van der Waals surface area contributed by atoms with Crippen LogP contribution in [0.25, 0.3) is 0 Å². The molecule has 1 rings (SSSR count). The van der Waals surface area contributed by atoms with Crippen molar-refractivity contribution in [2.24, 2.45) is 11.7 Å². The molecule has 1 aromatic rings. The Labute approximate surface area is 114 Å². The molecular weight excluding hydrogens is 248 g/mol. The van der Waals surface area contributed by atoms with Gasteiger partial charge in [-0.2, -0.15) is 0 Å². The minimum absolute atomic E-state index is 0.326. The van der Waals surface area contributed by atoms with E-state index in [4.69, 9.17) is 22.7 Å². The first kappa shape index (κ1) is 15.0. The van der Waals surface area contributed by atoms with Gasteiger partial charge in [-0.15, -0.1) is 5.10 Å². The third kappa shape index (κ3) is 4.34. The van der Waals surface area contributed by atoms with Gasteiger partial charge in [0, 0.05) is 20.3 Å². The Bertz CT molecular complexity index is 389. The van der Waals surface area contributed by atoms with Crippen LogP contribution in [0.3, 0.4) is 0 Å². The minimum Gasteiger partial charge on any atom is -0.388 e. The lowest BCUT2D eigenvalue weighted by Gasteiger charge is -2.09. The second-order valence-corrected chi connectivity index (χ2v) is 5.19. The molecule has 2 N–H and O–H groups in total. The van der Waals surface area contributed by atoms with Gasteiger partial charge < -0.3 is 10.5 Å². The van der Waals surface area contributed by atoms with Gasteiger partial charge in [0.2, 0.25) is 0 Å². The standard InChI is InChI=1S/C12H22N4OS/c1-9(2)5-6-10-11(12(13)18)14-15-16(10)7-4-8-17-3/h9H,4-8H2,1-3H3,(H2,13,18). The van der Waals surface area contributed by atoms with Gasteiger partial charge in [0.15, 0.2) is 0 Å². The lowest BCUT2D eigenvalue weighted by molar-refractivity contribution is 0.188. The highest BCUT2D eigenvalue weighted by Gasteiger charge is 2.15.